The van der Waals surface area contributed by atoms with Crippen molar-refractivity contribution in [2.24, 2.45) is 5.73 Å². The highest BCUT2D eigenvalue weighted by molar-refractivity contribution is 5.48. The summed E-state index contributed by atoms with van der Waals surface area (Å²) < 4.78 is 19.1. The Morgan fingerprint density at radius 1 is 1.19 bits per heavy atom. The minimum Gasteiger partial charge on any atom is -0.497 e. The average Bonchev–Trinajstić information content (AvgIpc) is 2.53. The molecule has 0 aliphatic carbocycles. The van der Waals surface area contributed by atoms with Crippen LogP contribution in [0.5, 0.6) is 5.75 Å². The van der Waals surface area contributed by atoms with Gasteiger partial charge in [-0.1, -0.05) is 24.3 Å². The Balaban J connectivity index is 2.16. The molecule has 2 aromatic carbocycles. The van der Waals surface area contributed by atoms with Gasteiger partial charge in [-0.05, 0) is 36.8 Å². The van der Waals surface area contributed by atoms with Crippen molar-refractivity contribution in [3.63, 3.8) is 0 Å². The highest BCUT2D eigenvalue weighted by Crippen LogP contribution is 2.23. The third-order valence-corrected chi connectivity index (χ3v) is 3.51. The standard InChI is InChI=1S/C17H21FN2O/c1-3-20(17-10-5-4-9-15(17)18)12-16(19)13-7-6-8-14(11-13)21-2/h4-11,16H,3,12,19H2,1-2H3. The van der Waals surface area contributed by atoms with Crippen molar-refractivity contribution in [1.82, 2.24) is 0 Å². The minimum atomic E-state index is -0.225. The molecule has 0 saturated carbocycles. The Morgan fingerprint density at radius 2 is 1.95 bits per heavy atom. The van der Waals surface area contributed by atoms with Gasteiger partial charge in [0.1, 0.15) is 11.6 Å². The SMILES string of the molecule is CCN(CC(N)c1cccc(OC)c1)c1ccccc1F. The van der Waals surface area contributed by atoms with E-state index in [1.165, 1.54) is 6.07 Å². The highest BCUT2D eigenvalue weighted by Gasteiger charge is 2.15. The fourth-order valence-corrected chi connectivity index (χ4v) is 2.32. The maximum atomic E-state index is 13.9. The summed E-state index contributed by atoms with van der Waals surface area (Å²) in [6.07, 6.45) is 0. The van der Waals surface area contributed by atoms with Crippen molar-refractivity contribution in [1.29, 1.82) is 0 Å². The summed E-state index contributed by atoms with van der Waals surface area (Å²) in [6, 6.07) is 14.2. The number of para-hydroxylation sites is 1. The third-order valence-electron chi connectivity index (χ3n) is 3.51. The lowest BCUT2D eigenvalue weighted by Crippen LogP contribution is -2.32. The monoisotopic (exact) mass is 288 g/mol. The molecule has 4 heteroatoms. The van der Waals surface area contributed by atoms with E-state index in [0.717, 1.165) is 11.3 Å². The molecule has 0 spiro atoms. The molecule has 0 fully saturated rings. The topological polar surface area (TPSA) is 38.5 Å². The van der Waals surface area contributed by atoms with Gasteiger partial charge in [-0.25, -0.2) is 4.39 Å². The molecule has 0 bridgehead atoms. The largest absolute Gasteiger partial charge is 0.497 e. The van der Waals surface area contributed by atoms with Crippen molar-refractivity contribution in [3.05, 3.63) is 59.9 Å². The second-order valence-corrected chi connectivity index (χ2v) is 4.87. The summed E-state index contributed by atoms with van der Waals surface area (Å²) >= 11 is 0. The summed E-state index contributed by atoms with van der Waals surface area (Å²) in [5, 5.41) is 0. The van der Waals surface area contributed by atoms with Crippen molar-refractivity contribution in [3.8, 4) is 5.75 Å². The molecule has 0 aliphatic rings. The first-order valence-electron chi connectivity index (χ1n) is 7.04. The molecular weight excluding hydrogens is 267 g/mol. The van der Waals surface area contributed by atoms with Crippen LogP contribution in [0.3, 0.4) is 0 Å². The summed E-state index contributed by atoms with van der Waals surface area (Å²) in [5.74, 6) is 0.550. The van der Waals surface area contributed by atoms with E-state index in [1.54, 1.807) is 19.2 Å². The zero-order valence-electron chi connectivity index (χ0n) is 12.4. The van der Waals surface area contributed by atoms with E-state index < -0.39 is 0 Å². The molecule has 3 nitrogen and oxygen atoms in total. The van der Waals surface area contributed by atoms with Gasteiger partial charge in [-0.2, -0.15) is 0 Å². The van der Waals surface area contributed by atoms with E-state index in [9.17, 15) is 4.39 Å². The van der Waals surface area contributed by atoms with E-state index >= 15 is 0 Å². The number of ether oxygens (including phenoxy) is 1. The van der Waals surface area contributed by atoms with Gasteiger partial charge in [-0.15, -0.1) is 0 Å². The van der Waals surface area contributed by atoms with E-state index in [4.69, 9.17) is 10.5 Å². The number of hydrogen-bond acceptors (Lipinski definition) is 3. The molecule has 1 atom stereocenters. The molecule has 2 N–H and O–H groups in total. The predicted octanol–water partition coefficient (Wildman–Crippen LogP) is 3.36. The van der Waals surface area contributed by atoms with Crippen LogP contribution in [0.25, 0.3) is 0 Å². The molecular formula is C17H21FN2O. The number of nitrogens with zero attached hydrogens (tertiary/aromatic N) is 1. The lowest BCUT2D eigenvalue weighted by atomic mass is 10.1. The second kappa shape index (κ2) is 7.09. The smallest absolute Gasteiger partial charge is 0.146 e. The van der Waals surface area contributed by atoms with Gasteiger partial charge >= 0.3 is 0 Å². The molecule has 112 valence electrons. The van der Waals surface area contributed by atoms with Gasteiger partial charge in [0, 0.05) is 19.1 Å². The summed E-state index contributed by atoms with van der Waals surface area (Å²) in [5.41, 5.74) is 7.82. The molecule has 21 heavy (non-hydrogen) atoms. The average molecular weight is 288 g/mol. The first-order valence-corrected chi connectivity index (χ1v) is 7.04. The van der Waals surface area contributed by atoms with Crippen LogP contribution in [0.4, 0.5) is 10.1 Å². The van der Waals surface area contributed by atoms with Crippen LogP contribution in [0.1, 0.15) is 18.5 Å². The quantitative estimate of drug-likeness (QED) is 0.886. The van der Waals surface area contributed by atoms with E-state index in [1.807, 2.05) is 42.2 Å². The zero-order valence-corrected chi connectivity index (χ0v) is 12.4. The highest BCUT2D eigenvalue weighted by atomic mass is 19.1. The number of methoxy groups -OCH3 is 1. The lowest BCUT2D eigenvalue weighted by Gasteiger charge is -2.27. The number of rotatable bonds is 6. The minimum absolute atomic E-state index is 0.209. The molecule has 2 aromatic rings. The van der Waals surface area contributed by atoms with Crippen molar-refractivity contribution in [2.45, 2.75) is 13.0 Å². The normalized spacial score (nSPS) is 12.0. The number of anilines is 1. The van der Waals surface area contributed by atoms with Crippen LogP contribution in [0, 0.1) is 5.82 Å². The van der Waals surface area contributed by atoms with Gasteiger partial charge in [0.15, 0.2) is 0 Å². The molecule has 0 heterocycles. The van der Waals surface area contributed by atoms with Gasteiger partial charge in [0.2, 0.25) is 0 Å². The molecule has 2 rings (SSSR count). The third kappa shape index (κ3) is 3.73. The predicted molar refractivity (Wildman–Crippen MR) is 84.2 cm³/mol. The summed E-state index contributed by atoms with van der Waals surface area (Å²) in [4.78, 5) is 1.94. The molecule has 1 unspecified atom stereocenters. The van der Waals surface area contributed by atoms with Crippen LogP contribution in [-0.2, 0) is 0 Å². The molecule has 0 radical (unpaired) electrons. The molecule has 0 saturated heterocycles. The lowest BCUT2D eigenvalue weighted by molar-refractivity contribution is 0.414. The Kier molecular flexibility index (Phi) is 5.17. The second-order valence-electron chi connectivity index (χ2n) is 4.87. The number of likely N-dealkylation sites (N-methyl/N-ethyl adjacent to an activating group) is 1. The Bertz CT molecular complexity index is 589. The fraction of sp³-hybridized carbons (Fsp3) is 0.294. The van der Waals surface area contributed by atoms with E-state index in [2.05, 4.69) is 0 Å². The molecule has 0 aromatic heterocycles. The number of halogens is 1. The first kappa shape index (κ1) is 15.3. The molecule has 0 amide bonds. The van der Waals surface area contributed by atoms with Crippen LogP contribution < -0.4 is 15.4 Å². The Labute approximate surface area is 125 Å². The van der Waals surface area contributed by atoms with Crippen molar-refractivity contribution in [2.75, 3.05) is 25.1 Å². The van der Waals surface area contributed by atoms with Crippen LogP contribution in [0.2, 0.25) is 0 Å². The number of nitrogens with two attached hydrogens (primary N) is 1. The van der Waals surface area contributed by atoms with Crippen LogP contribution in [0.15, 0.2) is 48.5 Å². The van der Waals surface area contributed by atoms with Crippen LogP contribution in [-0.4, -0.2) is 20.2 Å². The molecule has 0 aliphatic heterocycles. The Morgan fingerprint density at radius 3 is 2.62 bits per heavy atom. The van der Waals surface area contributed by atoms with Gasteiger partial charge in [-0.3, -0.25) is 0 Å². The van der Waals surface area contributed by atoms with Gasteiger partial charge in [0.05, 0.1) is 12.8 Å². The maximum absolute atomic E-state index is 13.9. The zero-order chi connectivity index (χ0) is 15.2. The van der Waals surface area contributed by atoms with Crippen molar-refractivity contribution >= 4 is 5.69 Å². The maximum Gasteiger partial charge on any atom is 0.146 e. The summed E-state index contributed by atoms with van der Waals surface area (Å²) in [7, 11) is 1.63. The van der Waals surface area contributed by atoms with Gasteiger partial charge in [0.25, 0.3) is 0 Å². The first-order chi connectivity index (χ1) is 10.2. The summed E-state index contributed by atoms with van der Waals surface area (Å²) in [6.45, 7) is 3.23. The number of benzene rings is 2. The van der Waals surface area contributed by atoms with Gasteiger partial charge < -0.3 is 15.4 Å². The van der Waals surface area contributed by atoms with Crippen LogP contribution >= 0.6 is 0 Å². The van der Waals surface area contributed by atoms with E-state index in [-0.39, 0.29) is 11.9 Å². The van der Waals surface area contributed by atoms with E-state index in [0.29, 0.717) is 18.8 Å². The van der Waals surface area contributed by atoms with Crippen molar-refractivity contribution < 1.29 is 9.13 Å². The fourth-order valence-electron chi connectivity index (χ4n) is 2.32. The number of hydrogen-bond donors (Lipinski definition) is 1. The Hall–Kier alpha value is -2.07.